The van der Waals surface area contributed by atoms with E-state index in [1.807, 2.05) is 45.0 Å². The van der Waals surface area contributed by atoms with Crippen molar-refractivity contribution in [1.82, 2.24) is 5.32 Å². The number of rotatable bonds is 9. The Morgan fingerprint density at radius 3 is 2.14 bits per heavy atom. The summed E-state index contributed by atoms with van der Waals surface area (Å²) in [5, 5.41) is 5.69. The quantitative estimate of drug-likeness (QED) is 0.450. The molecule has 35 heavy (non-hydrogen) atoms. The van der Waals surface area contributed by atoms with E-state index in [-0.39, 0.29) is 18.5 Å². The lowest BCUT2D eigenvalue weighted by atomic mass is 10.1. The highest BCUT2D eigenvalue weighted by molar-refractivity contribution is 7.92. The molecular formula is C27H31N3O4S. The van der Waals surface area contributed by atoms with Gasteiger partial charge in [-0.3, -0.25) is 13.9 Å². The number of amides is 2. The number of para-hydroxylation sites is 1. The lowest BCUT2D eigenvalue weighted by Gasteiger charge is -2.23. The van der Waals surface area contributed by atoms with Crippen molar-refractivity contribution < 1.29 is 18.0 Å². The highest BCUT2D eigenvalue weighted by Crippen LogP contribution is 2.23. The standard InChI is InChI=1S/C27H31N3O4S/c1-5-20(3)28-27(32)24-8-6-7-9-25(24)29-26(31)22-14-16-23(17-15-22)30(35(4,33)34)18-21-12-10-19(2)11-13-21/h6-17,20H,5,18H2,1-4H3,(H,28,32)(H,29,31)/t20-/m0/s1. The van der Waals surface area contributed by atoms with Gasteiger partial charge >= 0.3 is 0 Å². The second-order valence-corrected chi connectivity index (χ2v) is 10.5. The average molecular weight is 494 g/mol. The summed E-state index contributed by atoms with van der Waals surface area (Å²) < 4.78 is 26.2. The van der Waals surface area contributed by atoms with Crippen LogP contribution in [0.4, 0.5) is 11.4 Å². The van der Waals surface area contributed by atoms with Gasteiger partial charge in [0.25, 0.3) is 11.8 Å². The van der Waals surface area contributed by atoms with Crippen molar-refractivity contribution in [3.63, 3.8) is 0 Å². The van der Waals surface area contributed by atoms with Crippen molar-refractivity contribution in [2.45, 2.75) is 39.8 Å². The second kappa shape index (κ2) is 11.2. The second-order valence-electron chi connectivity index (χ2n) is 8.58. The SMILES string of the molecule is CC[C@H](C)NC(=O)c1ccccc1NC(=O)c1ccc(N(Cc2ccc(C)cc2)S(C)(=O)=O)cc1. The molecule has 0 aliphatic carbocycles. The van der Waals surface area contributed by atoms with Crippen molar-refractivity contribution in [2.75, 3.05) is 15.9 Å². The molecule has 0 spiro atoms. The van der Waals surface area contributed by atoms with Gasteiger partial charge in [0.2, 0.25) is 10.0 Å². The van der Waals surface area contributed by atoms with E-state index >= 15 is 0 Å². The van der Waals surface area contributed by atoms with Crippen LogP contribution < -0.4 is 14.9 Å². The van der Waals surface area contributed by atoms with Gasteiger partial charge in [-0.2, -0.15) is 0 Å². The van der Waals surface area contributed by atoms with Gasteiger partial charge in [0, 0.05) is 11.6 Å². The Morgan fingerprint density at radius 1 is 0.914 bits per heavy atom. The van der Waals surface area contributed by atoms with Crippen molar-refractivity contribution >= 4 is 33.2 Å². The molecule has 2 amide bonds. The van der Waals surface area contributed by atoms with Crippen LogP contribution in [0.3, 0.4) is 0 Å². The number of anilines is 2. The molecule has 0 radical (unpaired) electrons. The van der Waals surface area contributed by atoms with Gasteiger partial charge in [-0.1, -0.05) is 48.9 Å². The summed E-state index contributed by atoms with van der Waals surface area (Å²) in [6, 6.07) is 20.8. The van der Waals surface area contributed by atoms with Crippen LogP contribution in [0.25, 0.3) is 0 Å². The Kier molecular flexibility index (Phi) is 8.30. The first-order valence-corrected chi connectivity index (χ1v) is 13.3. The molecule has 0 saturated carbocycles. The van der Waals surface area contributed by atoms with E-state index in [0.717, 1.165) is 23.8 Å². The molecule has 2 N–H and O–H groups in total. The monoisotopic (exact) mass is 493 g/mol. The van der Waals surface area contributed by atoms with Crippen LogP contribution in [-0.4, -0.2) is 32.5 Å². The summed E-state index contributed by atoms with van der Waals surface area (Å²) in [5.41, 5.74) is 3.52. The Balaban J connectivity index is 1.79. The molecule has 0 aliphatic rings. The van der Waals surface area contributed by atoms with Crippen LogP contribution in [0.1, 0.15) is 52.1 Å². The molecule has 0 fully saturated rings. The van der Waals surface area contributed by atoms with Crippen molar-refractivity contribution in [2.24, 2.45) is 0 Å². The molecule has 8 heteroatoms. The lowest BCUT2D eigenvalue weighted by molar-refractivity contribution is 0.0940. The highest BCUT2D eigenvalue weighted by atomic mass is 32.2. The molecular weight excluding hydrogens is 462 g/mol. The lowest BCUT2D eigenvalue weighted by Crippen LogP contribution is -2.32. The maximum absolute atomic E-state index is 12.9. The van der Waals surface area contributed by atoms with Gasteiger partial charge < -0.3 is 10.6 Å². The molecule has 3 rings (SSSR count). The zero-order chi connectivity index (χ0) is 25.6. The predicted molar refractivity (Wildman–Crippen MR) is 140 cm³/mol. The molecule has 0 unspecified atom stereocenters. The minimum atomic E-state index is -3.55. The fraction of sp³-hybridized carbons (Fsp3) is 0.259. The molecule has 0 bridgehead atoms. The first-order valence-electron chi connectivity index (χ1n) is 11.4. The molecule has 1 atom stereocenters. The van der Waals surface area contributed by atoms with Crippen LogP contribution in [0.2, 0.25) is 0 Å². The summed E-state index contributed by atoms with van der Waals surface area (Å²) in [6.45, 7) is 6.05. The number of carbonyl (C=O) groups is 2. The maximum atomic E-state index is 12.9. The Bertz CT molecular complexity index is 1290. The summed E-state index contributed by atoms with van der Waals surface area (Å²) in [4.78, 5) is 25.5. The van der Waals surface area contributed by atoms with E-state index < -0.39 is 15.9 Å². The van der Waals surface area contributed by atoms with Crippen LogP contribution >= 0.6 is 0 Å². The molecule has 0 aromatic heterocycles. The van der Waals surface area contributed by atoms with E-state index in [0.29, 0.717) is 22.5 Å². The van der Waals surface area contributed by atoms with Crippen molar-refractivity contribution in [3.05, 3.63) is 95.1 Å². The number of nitrogens with zero attached hydrogens (tertiary/aromatic N) is 1. The summed E-state index contributed by atoms with van der Waals surface area (Å²) >= 11 is 0. The van der Waals surface area contributed by atoms with E-state index in [9.17, 15) is 18.0 Å². The number of carbonyl (C=O) groups excluding carboxylic acids is 2. The van der Waals surface area contributed by atoms with Gasteiger partial charge in [0.15, 0.2) is 0 Å². The molecule has 0 aliphatic heterocycles. The molecule has 0 heterocycles. The number of benzene rings is 3. The number of aryl methyl sites for hydroxylation is 1. The van der Waals surface area contributed by atoms with Crippen LogP contribution in [0, 0.1) is 6.92 Å². The third kappa shape index (κ3) is 6.93. The van der Waals surface area contributed by atoms with E-state index in [1.54, 1.807) is 48.5 Å². The van der Waals surface area contributed by atoms with Gasteiger partial charge in [-0.05, 0) is 62.2 Å². The fourth-order valence-corrected chi connectivity index (χ4v) is 4.31. The smallest absolute Gasteiger partial charge is 0.255 e. The molecule has 0 saturated heterocycles. The minimum absolute atomic E-state index is 0.0106. The summed E-state index contributed by atoms with van der Waals surface area (Å²) in [7, 11) is -3.55. The Hall–Kier alpha value is -3.65. The number of sulfonamides is 1. The number of nitrogens with one attached hydrogen (secondary N) is 2. The van der Waals surface area contributed by atoms with Crippen LogP contribution in [-0.2, 0) is 16.6 Å². The number of hydrogen-bond donors (Lipinski definition) is 2. The van der Waals surface area contributed by atoms with Crippen molar-refractivity contribution in [1.29, 1.82) is 0 Å². The maximum Gasteiger partial charge on any atom is 0.255 e. The summed E-state index contributed by atoms with van der Waals surface area (Å²) in [6.07, 6.45) is 1.95. The van der Waals surface area contributed by atoms with Gasteiger partial charge in [0.1, 0.15) is 0 Å². The Labute approximate surface area is 207 Å². The fourth-order valence-electron chi connectivity index (χ4n) is 3.43. The van der Waals surface area contributed by atoms with Gasteiger partial charge in [-0.25, -0.2) is 8.42 Å². The van der Waals surface area contributed by atoms with Gasteiger partial charge in [0.05, 0.1) is 29.7 Å². The van der Waals surface area contributed by atoms with Gasteiger partial charge in [-0.15, -0.1) is 0 Å². The van der Waals surface area contributed by atoms with Crippen LogP contribution in [0.15, 0.2) is 72.8 Å². The molecule has 3 aromatic carbocycles. The summed E-state index contributed by atoms with van der Waals surface area (Å²) in [5.74, 6) is -0.657. The average Bonchev–Trinajstić information content (AvgIpc) is 2.83. The normalized spacial score (nSPS) is 12.0. The zero-order valence-corrected chi connectivity index (χ0v) is 21.2. The zero-order valence-electron chi connectivity index (χ0n) is 20.4. The molecule has 7 nitrogen and oxygen atoms in total. The largest absolute Gasteiger partial charge is 0.350 e. The van der Waals surface area contributed by atoms with Crippen LogP contribution in [0.5, 0.6) is 0 Å². The molecule has 3 aromatic rings. The third-order valence-electron chi connectivity index (χ3n) is 5.67. The van der Waals surface area contributed by atoms with Crippen molar-refractivity contribution in [3.8, 4) is 0 Å². The number of hydrogen-bond acceptors (Lipinski definition) is 4. The minimum Gasteiger partial charge on any atom is -0.350 e. The Morgan fingerprint density at radius 2 is 1.54 bits per heavy atom. The predicted octanol–water partition coefficient (Wildman–Crippen LogP) is 4.74. The first kappa shape index (κ1) is 26.0. The molecule has 184 valence electrons. The first-order chi connectivity index (χ1) is 16.6. The van der Waals surface area contributed by atoms with E-state index in [4.69, 9.17) is 0 Å². The van der Waals surface area contributed by atoms with E-state index in [1.165, 1.54) is 4.31 Å². The highest BCUT2D eigenvalue weighted by Gasteiger charge is 2.19. The topological polar surface area (TPSA) is 95.6 Å². The van der Waals surface area contributed by atoms with E-state index in [2.05, 4.69) is 10.6 Å². The third-order valence-corrected chi connectivity index (χ3v) is 6.81.